The van der Waals surface area contributed by atoms with Gasteiger partial charge in [0.25, 0.3) is 0 Å². The number of carboxylic acids is 1. The van der Waals surface area contributed by atoms with Gasteiger partial charge in [-0.1, -0.05) is 116 Å². The number of hydrogen-bond acceptors (Lipinski definition) is 3. The van der Waals surface area contributed by atoms with E-state index in [0.717, 1.165) is 33.4 Å². The van der Waals surface area contributed by atoms with Crippen LogP contribution in [0.3, 0.4) is 0 Å². The van der Waals surface area contributed by atoms with Crippen LogP contribution in [0.1, 0.15) is 29.2 Å². The van der Waals surface area contributed by atoms with E-state index in [9.17, 15) is 15.0 Å². The van der Waals surface area contributed by atoms with Gasteiger partial charge in [-0.05, 0) is 33.4 Å². The second-order valence-electron chi connectivity index (χ2n) is 9.35. The molecule has 3 N–H and O–H groups in total. The lowest BCUT2D eigenvalue weighted by Gasteiger charge is -2.45. The minimum atomic E-state index is -1.45. The van der Waals surface area contributed by atoms with Crippen LogP contribution in [0, 0.1) is 5.92 Å². The Morgan fingerprint density at radius 2 is 1.29 bits per heavy atom. The Balaban J connectivity index is 1.81. The summed E-state index contributed by atoms with van der Waals surface area (Å²) in [5.74, 6) is -1.55. The minimum absolute atomic E-state index is 0.226. The molecule has 0 saturated heterocycles. The van der Waals surface area contributed by atoms with Crippen LogP contribution in [0.15, 0.2) is 109 Å². The topological polar surface area (TPSA) is 69.6 Å². The first-order valence-corrected chi connectivity index (χ1v) is 12.0. The van der Waals surface area contributed by atoms with Crippen LogP contribution >= 0.6 is 0 Å². The molecule has 4 heteroatoms. The van der Waals surface area contributed by atoms with Crippen molar-refractivity contribution in [2.24, 2.45) is 5.92 Å². The van der Waals surface area contributed by atoms with Gasteiger partial charge in [0.1, 0.15) is 5.54 Å². The molecule has 0 spiro atoms. The summed E-state index contributed by atoms with van der Waals surface area (Å²) in [6.07, 6.45) is 0.226. The van der Waals surface area contributed by atoms with Crippen molar-refractivity contribution in [2.45, 2.75) is 24.4 Å². The summed E-state index contributed by atoms with van der Waals surface area (Å²) in [6.45, 7) is 1.54. The number of carboxylic acid groups (broad SMARTS) is 1. The summed E-state index contributed by atoms with van der Waals surface area (Å²) in [4.78, 5) is 13.2. The quantitative estimate of drug-likeness (QED) is 0.334. The molecular formula is C31H29NO3. The van der Waals surface area contributed by atoms with Crippen LogP contribution in [0.25, 0.3) is 11.1 Å². The summed E-state index contributed by atoms with van der Waals surface area (Å²) < 4.78 is 0. The molecule has 0 aliphatic heterocycles. The van der Waals surface area contributed by atoms with Crippen LogP contribution in [0.2, 0.25) is 0 Å². The second kappa shape index (κ2) is 9.14. The van der Waals surface area contributed by atoms with Crippen LogP contribution in [-0.4, -0.2) is 28.3 Å². The van der Waals surface area contributed by atoms with Crippen LogP contribution in [-0.2, 0) is 16.8 Å². The van der Waals surface area contributed by atoms with Crippen molar-refractivity contribution < 1.29 is 15.0 Å². The van der Waals surface area contributed by atoms with Gasteiger partial charge >= 0.3 is 5.97 Å². The SMILES string of the molecule is C[C@@H](CO)[C@](Cc1ccccc1)(NC1(c2ccccc2)c2ccccc2-c2ccccc21)C(=O)O. The lowest BCUT2D eigenvalue weighted by molar-refractivity contribution is -0.149. The number of fused-ring (bicyclic) bond motifs is 3. The highest BCUT2D eigenvalue weighted by molar-refractivity contribution is 5.85. The summed E-state index contributed by atoms with van der Waals surface area (Å²) in [6, 6.07) is 36.0. The molecule has 4 aromatic carbocycles. The number of nitrogens with one attached hydrogen (secondary N) is 1. The third kappa shape index (κ3) is 3.66. The Morgan fingerprint density at radius 3 is 1.80 bits per heavy atom. The first-order chi connectivity index (χ1) is 17.0. The van der Waals surface area contributed by atoms with Crippen LogP contribution < -0.4 is 5.32 Å². The van der Waals surface area contributed by atoms with E-state index in [2.05, 4.69) is 29.6 Å². The van der Waals surface area contributed by atoms with Gasteiger partial charge in [0.05, 0.1) is 5.54 Å². The average molecular weight is 464 g/mol. The molecule has 4 aromatic rings. The van der Waals surface area contributed by atoms with Crippen LogP contribution in [0.4, 0.5) is 0 Å². The molecule has 0 unspecified atom stereocenters. The molecule has 35 heavy (non-hydrogen) atoms. The number of hydrogen-bond donors (Lipinski definition) is 3. The Labute approximate surface area is 205 Å². The molecule has 0 saturated carbocycles. The Kier molecular flexibility index (Phi) is 6.01. The number of aliphatic hydroxyl groups excluding tert-OH is 1. The molecule has 0 amide bonds. The smallest absolute Gasteiger partial charge is 0.324 e. The van der Waals surface area contributed by atoms with Gasteiger partial charge in [0.15, 0.2) is 0 Å². The van der Waals surface area contributed by atoms with Crippen molar-refractivity contribution in [2.75, 3.05) is 6.61 Å². The van der Waals surface area contributed by atoms with Crippen molar-refractivity contribution in [1.82, 2.24) is 5.32 Å². The van der Waals surface area contributed by atoms with Crippen molar-refractivity contribution >= 4 is 5.97 Å². The zero-order valence-electron chi connectivity index (χ0n) is 19.7. The number of benzene rings is 4. The van der Waals surface area contributed by atoms with E-state index >= 15 is 0 Å². The number of rotatable bonds is 8. The molecular weight excluding hydrogens is 434 g/mol. The van der Waals surface area contributed by atoms with E-state index in [0.29, 0.717) is 0 Å². The second-order valence-corrected chi connectivity index (χ2v) is 9.35. The molecule has 5 rings (SSSR count). The minimum Gasteiger partial charge on any atom is -0.480 e. The third-order valence-electron chi connectivity index (χ3n) is 7.39. The van der Waals surface area contributed by atoms with E-state index in [1.807, 2.05) is 84.9 Å². The van der Waals surface area contributed by atoms with Gasteiger partial charge in [-0.25, -0.2) is 0 Å². The molecule has 4 nitrogen and oxygen atoms in total. The highest BCUT2D eigenvalue weighted by Crippen LogP contribution is 2.52. The van der Waals surface area contributed by atoms with E-state index < -0.39 is 23.0 Å². The lowest BCUT2D eigenvalue weighted by Crippen LogP contribution is -2.65. The number of aliphatic hydroxyl groups is 1. The lowest BCUT2D eigenvalue weighted by atomic mass is 9.73. The molecule has 0 heterocycles. The number of carbonyl (C=O) groups is 1. The van der Waals surface area contributed by atoms with Gasteiger partial charge in [-0.15, -0.1) is 0 Å². The van der Waals surface area contributed by atoms with E-state index in [1.165, 1.54) is 0 Å². The first-order valence-electron chi connectivity index (χ1n) is 12.0. The average Bonchev–Trinajstić information content (AvgIpc) is 3.19. The van der Waals surface area contributed by atoms with E-state index in [-0.39, 0.29) is 13.0 Å². The van der Waals surface area contributed by atoms with Crippen molar-refractivity contribution in [3.63, 3.8) is 0 Å². The zero-order valence-corrected chi connectivity index (χ0v) is 19.7. The molecule has 0 aromatic heterocycles. The highest BCUT2D eigenvalue weighted by Gasteiger charge is 2.54. The molecule has 176 valence electrons. The third-order valence-corrected chi connectivity index (χ3v) is 7.39. The van der Waals surface area contributed by atoms with Crippen molar-refractivity contribution in [3.05, 3.63) is 131 Å². The van der Waals surface area contributed by atoms with Gasteiger partial charge in [-0.3, -0.25) is 10.1 Å². The van der Waals surface area contributed by atoms with E-state index in [1.54, 1.807) is 6.92 Å². The molecule has 2 atom stereocenters. The maximum Gasteiger partial charge on any atom is 0.324 e. The van der Waals surface area contributed by atoms with Gasteiger partial charge in [0.2, 0.25) is 0 Å². The molecule has 0 bridgehead atoms. The zero-order chi connectivity index (χ0) is 24.5. The fourth-order valence-corrected chi connectivity index (χ4v) is 5.53. The predicted molar refractivity (Wildman–Crippen MR) is 138 cm³/mol. The van der Waals surface area contributed by atoms with Gasteiger partial charge < -0.3 is 10.2 Å². The Morgan fingerprint density at radius 1 is 0.800 bits per heavy atom. The fraction of sp³-hybridized carbons (Fsp3) is 0.194. The van der Waals surface area contributed by atoms with Crippen LogP contribution in [0.5, 0.6) is 0 Å². The normalized spacial score (nSPS) is 16.1. The van der Waals surface area contributed by atoms with E-state index in [4.69, 9.17) is 0 Å². The standard InChI is InChI=1S/C31H29NO3/c1-22(21-33)30(29(34)35,20-23-12-4-2-5-13-23)32-31(24-14-6-3-7-15-24)27-18-10-8-16-25(27)26-17-9-11-19-28(26)31/h2-19,22,32-33H,20-21H2,1H3,(H,34,35)/t22-,30-/m0/s1. The molecule has 1 aliphatic carbocycles. The number of aliphatic carboxylic acids is 1. The molecule has 1 aliphatic rings. The van der Waals surface area contributed by atoms with Crippen molar-refractivity contribution in [3.8, 4) is 11.1 Å². The first kappa shape index (κ1) is 23.0. The predicted octanol–water partition coefficient (Wildman–Crippen LogP) is 5.24. The Bertz CT molecular complexity index is 1290. The molecule has 0 radical (unpaired) electrons. The summed E-state index contributed by atoms with van der Waals surface area (Å²) >= 11 is 0. The maximum absolute atomic E-state index is 13.2. The van der Waals surface area contributed by atoms with Gasteiger partial charge in [-0.2, -0.15) is 0 Å². The summed E-state index contributed by atoms with van der Waals surface area (Å²) in [5, 5.41) is 24.9. The summed E-state index contributed by atoms with van der Waals surface area (Å²) in [5.41, 5.74) is 3.67. The van der Waals surface area contributed by atoms with Crippen molar-refractivity contribution in [1.29, 1.82) is 0 Å². The maximum atomic E-state index is 13.2. The molecule has 0 fully saturated rings. The Hall–Kier alpha value is -3.73. The monoisotopic (exact) mass is 463 g/mol. The highest BCUT2D eigenvalue weighted by atomic mass is 16.4. The van der Waals surface area contributed by atoms with Gasteiger partial charge in [0, 0.05) is 18.9 Å². The summed E-state index contributed by atoms with van der Waals surface area (Å²) in [7, 11) is 0. The largest absolute Gasteiger partial charge is 0.480 e. The fourth-order valence-electron chi connectivity index (χ4n) is 5.53.